The molecule has 1 saturated heterocycles. The summed E-state index contributed by atoms with van der Waals surface area (Å²) in [4.78, 5) is 21.7. The predicted molar refractivity (Wildman–Crippen MR) is 144 cm³/mol. The molecule has 2 aliphatic heterocycles. The molecule has 11 heteroatoms. The zero-order chi connectivity index (χ0) is 27.9. The summed E-state index contributed by atoms with van der Waals surface area (Å²) in [5, 5.41) is 5.62. The van der Waals surface area contributed by atoms with Crippen LogP contribution in [0.3, 0.4) is 0 Å². The topological polar surface area (TPSA) is 86.0 Å². The molecular weight excluding hydrogens is 512 g/mol. The number of hydrogen-bond acceptors (Lipinski definition) is 6. The van der Waals surface area contributed by atoms with Gasteiger partial charge in [0.05, 0.1) is 22.5 Å². The maximum atomic E-state index is 14.9. The SMILES string of the molecule is CN1CC[C@@H](N(C)c2ccc(C(F)(F)F)cc2NC(=O)c2cc(C3(N)N=Cc4ccccc4N3)ccc2F)C1. The first kappa shape index (κ1) is 26.6. The number of fused-ring (bicyclic) bond motifs is 1. The van der Waals surface area contributed by atoms with E-state index in [-0.39, 0.29) is 17.3 Å². The summed E-state index contributed by atoms with van der Waals surface area (Å²) in [6.07, 6.45) is -2.23. The van der Waals surface area contributed by atoms with Gasteiger partial charge in [-0.05, 0) is 56.4 Å². The summed E-state index contributed by atoms with van der Waals surface area (Å²) >= 11 is 0. The molecular formula is C28H28F4N6O. The third-order valence-corrected chi connectivity index (χ3v) is 7.21. The van der Waals surface area contributed by atoms with Crippen LogP contribution in [0, 0.1) is 5.82 Å². The van der Waals surface area contributed by atoms with Gasteiger partial charge in [0.25, 0.3) is 5.91 Å². The zero-order valence-corrected chi connectivity index (χ0v) is 21.4. The number of nitrogens with zero attached hydrogens (tertiary/aromatic N) is 3. The van der Waals surface area contributed by atoms with Crippen LogP contribution in [-0.4, -0.2) is 50.2 Å². The van der Waals surface area contributed by atoms with Gasteiger partial charge in [0.2, 0.25) is 5.79 Å². The van der Waals surface area contributed by atoms with E-state index in [1.165, 1.54) is 18.2 Å². The lowest BCUT2D eigenvalue weighted by Crippen LogP contribution is -2.45. The molecule has 7 nitrogen and oxygen atoms in total. The van der Waals surface area contributed by atoms with Crippen molar-refractivity contribution in [1.82, 2.24) is 4.90 Å². The minimum Gasteiger partial charge on any atom is -0.369 e. The van der Waals surface area contributed by atoms with Crippen molar-refractivity contribution in [2.24, 2.45) is 10.7 Å². The van der Waals surface area contributed by atoms with Gasteiger partial charge in [-0.25, -0.2) is 9.38 Å². The van der Waals surface area contributed by atoms with Crippen LogP contribution in [0.1, 0.15) is 33.5 Å². The highest BCUT2D eigenvalue weighted by atomic mass is 19.4. The Labute approximate surface area is 223 Å². The van der Waals surface area contributed by atoms with Gasteiger partial charge in [0.15, 0.2) is 0 Å². The number of hydrogen-bond donors (Lipinski definition) is 3. The van der Waals surface area contributed by atoms with Crippen LogP contribution < -0.4 is 21.3 Å². The molecule has 2 heterocycles. The molecule has 3 aromatic rings. The number of para-hydroxylation sites is 1. The lowest BCUT2D eigenvalue weighted by atomic mass is 10.0. The number of anilines is 3. The highest BCUT2D eigenvalue weighted by molar-refractivity contribution is 6.06. The number of amides is 1. The number of nitrogens with two attached hydrogens (primary N) is 1. The smallest absolute Gasteiger partial charge is 0.369 e. The van der Waals surface area contributed by atoms with E-state index in [2.05, 4.69) is 20.5 Å². The first-order valence-electron chi connectivity index (χ1n) is 12.4. The van der Waals surface area contributed by atoms with Gasteiger partial charge in [0, 0.05) is 42.7 Å². The number of likely N-dealkylation sites (N-methyl/N-ethyl adjacent to an activating group) is 2. The van der Waals surface area contributed by atoms with Gasteiger partial charge >= 0.3 is 6.18 Å². The standard InChI is InChI=1S/C28H28F4N6O/c1-37-12-11-20(16-37)38(2)25-10-8-18(27(30,31)32)14-24(25)35-26(39)21-13-19(7-9-22(21)29)28(33)34-15-17-5-3-4-6-23(17)36-28/h3-10,13-15,20,36H,11-12,16,33H2,1-2H3,(H,35,39)/t20-,28?/m1/s1. The predicted octanol–water partition coefficient (Wildman–Crippen LogP) is 4.85. The maximum Gasteiger partial charge on any atom is 0.416 e. The molecule has 1 fully saturated rings. The maximum absolute atomic E-state index is 14.9. The molecule has 3 aromatic carbocycles. The van der Waals surface area contributed by atoms with Crippen LogP contribution in [-0.2, 0) is 12.0 Å². The number of carbonyl (C=O) groups is 1. The largest absolute Gasteiger partial charge is 0.416 e. The number of likely N-dealkylation sites (tertiary alicyclic amines) is 1. The quantitative estimate of drug-likeness (QED) is 0.403. The van der Waals surface area contributed by atoms with Crippen LogP contribution in [0.15, 0.2) is 65.7 Å². The molecule has 0 radical (unpaired) electrons. The van der Waals surface area contributed by atoms with Crippen molar-refractivity contribution < 1.29 is 22.4 Å². The summed E-state index contributed by atoms with van der Waals surface area (Å²) in [5.41, 5.74) is 7.34. The van der Waals surface area contributed by atoms with Crippen molar-refractivity contribution in [2.75, 3.05) is 42.7 Å². The Kier molecular flexibility index (Phi) is 6.81. The Hall–Kier alpha value is -3.96. The van der Waals surface area contributed by atoms with Crippen LogP contribution in [0.2, 0.25) is 0 Å². The van der Waals surface area contributed by atoms with Gasteiger partial charge in [-0.15, -0.1) is 0 Å². The summed E-state index contributed by atoms with van der Waals surface area (Å²) in [5.74, 6) is -3.23. The second-order valence-electron chi connectivity index (χ2n) is 9.93. The van der Waals surface area contributed by atoms with E-state index in [0.29, 0.717) is 16.9 Å². The number of aliphatic imine (C=N–C) groups is 1. The van der Waals surface area contributed by atoms with E-state index in [1.54, 1.807) is 13.3 Å². The minimum absolute atomic E-state index is 0.0395. The highest BCUT2D eigenvalue weighted by Gasteiger charge is 2.34. The lowest BCUT2D eigenvalue weighted by molar-refractivity contribution is -0.137. The molecule has 4 N–H and O–H groups in total. The fourth-order valence-corrected chi connectivity index (χ4v) is 4.95. The third-order valence-electron chi connectivity index (χ3n) is 7.21. The third kappa shape index (κ3) is 5.32. The van der Waals surface area contributed by atoms with Crippen LogP contribution in [0.4, 0.5) is 34.6 Å². The van der Waals surface area contributed by atoms with Crippen molar-refractivity contribution in [3.8, 4) is 0 Å². The number of benzene rings is 3. The van der Waals surface area contributed by atoms with Crippen LogP contribution in [0.25, 0.3) is 0 Å². The molecule has 204 valence electrons. The Bertz CT molecular complexity index is 1440. The van der Waals surface area contributed by atoms with Crippen LogP contribution >= 0.6 is 0 Å². The molecule has 1 unspecified atom stereocenters. The molecule has 5 rings (SSSR count). The Morgan fingerprint density at radius 1 is 1.18 bits per heavy atom. The Morgan fingerprint density at radius 3 is 2.67 bits per heavy atom. The number of carbonyl (C=O) groups excluding carboxylic acids is 1. The molecule has 2 aliphatic rings. The fourth-order valence-electron chi connectivity index (χ4n) is 4.95. The molecule has 0 aromatic heterocycles. The molecule has 0 aliphatic carbocycles. The van der Waals surface area contributed by atoms with Crippen molar-refractivity contribution in [1.29, 1.82) is 0 Å². The summed E-state index contributed by atoms with van der Waals surface area (Å²) in [6.45, 7) is 1.56. The van der Waals surface area contributed by atoms with E-state index in [9.17, 15) is 22.4 Å². The first-order valence-corrected chi connectivity index (χ1v) is 12.4. The van der Waals surface area contributed by atoms with Crippen molar-refractivity contribution in [3.63, 3.8) is 0 Å². The van der Waals surface area contributed by atoms with Crippen molar-refractivity contribution in [2.45, 2.75) is 24.4 Å². The zero-order valence-electron chi connectivity index (χ0n) is 21.4. The van der Waals surface area contributed by atoms with Gasteiger partial charge in [-0.1, -0.05) is 24.3 Å². The summed E-state index contributed by atoms with van der Waals surface area (Å²) < 4.78 is 55.6. The first-order chi connectivity index (χ1) is 18.4. The second-order valence-corrected chi connectivity index (χ2v) is 9.93. The van der Waals surface area contributed by atoms with Crippen molar-refractivity contribution >= 4 is 29.2 Å². The Balaban J connectivity index is 1.47. The van der Waals surface area contributed by atoms with Crippen LogP contribution in [0.5, 0.6) is 0 Å². The van der Waals surface area contributed by atoms with E-state index in [1.807, 2.05) is 36.2 Å². The normalized spacial score (nSPS) is 20.8. The summed E-state index contributed by atoms with van der Waals surface area (Å²) in [7, 11) is 3.74. The molecule has 0 bridgehead atoms. The van der Waals surface area contributed by atoms with E-state index < -0.39 is 29.3 Å². The van der Waals surface area contributed by atoms with Gasteiger partial charge in [-0.3, -0.25) is 10.5 Å². The second kappa shape index (κ2) is 9.97. The lowest BCUT2D eigenvalue weighted by Gasteiger charge is -2.32. The van der Waals surface area contributed by atoms with E-state index in [4.69, 9.17) is 5.73 Å². The van der Waals surface area contributed by atoms with Gasteiger partial charge < -0.3 is 20.4 Å². The highest BCUT2D eigenvalue weighted by Crippen LogP contribution is 2.37. The number of halogens is 4. The minimum atomic E-state index is -4.62. The van der Waals surface area contributed by atoms with E-state index >= 15 is 0 Å². The molecule has 0 spiro atoms. The number of alkyl halides is 3. The number of rotatable bonds is 5. The van der Waals surface area contributed by atoms with Crippen molar-refractivity contribution in [3.05, 3.63) is 88.7 Å². The monoisotopic (exact) mass is 540 g/mol. The fraction of sp³-hybridized carbons (Fsp3) is 0.286. The van der Waals surface area contributed by atoms with Gasteiger partial charge in [-0.2, -0.15) is 13.2 Å². The number of nitrogens with one attached hydrogen (secondary N) is 2. The Morgan fingerprint density at radius 2 is 1.95 bits per heavy atom. The average Bonchev–Trinajstić information content (AvgIpc) is 3.34. The molecule has 1 amide bonds. The van der Waals surface area contributed by atoms with E-state index in [0.717, 1.165) is 43.3 Å². The van der Waals surface area contributed by atoms with Gasteiger partial charge in [0.1, 0.15) is 5.82 Å². The summed E-state index contributed by atoms with van der Waals surface area (Å²) in [6, 6.07) is 14.3. The average molecular weight is 541 g/mol. The molecule has 2 atom stereocenters. The molecule has 0 saturated carbocycles. The molecule has 39 heavy (non-hydrogen) atoms.